The van der Waals surface area contributed by atoms with Gasteiger partial charge in [-0.15, -0.1) is 0 Å². The summed E-state index contributed by atoms with van der Waals surface area (Å²) in [6, 6.07) is 1.49. The number of fused-ring (bicyclic) bond motifs is 1. The second kappa shape index (κ2) is 6.16. The van der Waals surface area contributed by atoms with Crippen LogP contribution < -0.4 is 10.1 Å². The average Bonchev–Trinajstić information content (AvgIpc) is 2.58. The number of carbonyl (C=O) groups excluding carboxylic acids is 2. The molecule has 1 amide bonds. The summed E-state index contributed by atoms with van der Waals surface area (Å²) in [5, 5.41) is 3.04. The zero-order valence-electron chi connectivity index (χ0n) is 13.2. The molecule has 1 N–H and O–H groups in total. The number of benzene rings is 1. The van der Waals surface area contributed by atoms with E-state index in [0.29, 0.717) is 22.9 Å². The zero-order chi connectivity index (χ0) is 16.5. The first kappa shape index (κ1) is 16.6. The van der Waals surface area contributed by atoms with E-state index in [1.165, 1.54) is 20.1 Å². The first-order valence-corrected chi connectivity index (χ1v) is 7.53. The molecule has 0 unspecified atom stereocenters. The Morgan fingerprint density at radius 2 is 2.09 bits per heavy atom. The average molecular weight is 326 g/mol. The van der Waals surface area contributed by atoms with Crippen molar-refractivity contribution in [1.29, 1.82) is 0 Å². The minimum atomic E-state index is -0.509. The van der Waals surface area contributed by atoms with E-state index >= 15 is 0 Å². The number of carbonyl (C=O) groups is 2. The van der Waals surface area contributed by atoms with Crippen LogP contribution in [0.4, 0.5) is 5.69 Å². The number of nitrogens with one attached hydrogen (secondary N) is 1. The summed E-state index contributed by atoms with van der Waals surface area (Å²) >= 11 is 6.26. The first-order valence-electron chi connectivity index (χ1n) is 7.15. The highest BCUT2D eigenvalue weighted by atomic mass is 35.5. The lowest BCUT2D eigenvalue weighted by Gasteiger charge is -2.26. The molecule has 1 aliphatic rings. The molecular formula is C16H20ClNO4. The number of halogens is 1. The van der Waals surface area contributed by atoms with Gasteiger partial charge in [-0.3, -0.25) is 4.79 Å². The Labute approximate surface area is 134 Å². The van der Waals surface area contributed by atoms with Gasteiger partial charge in [-0.05, 0) is 39.2 Å². The molecule has 0 atom stereocenters. The van der Waals surface area contributed by atoms with Gasteiger partial charge in [0.1, 0.15) is 16.9 Å². The molecule has 120 valence electrons. The summed E-state index contributed by atoms with van der Waals surface area (Å²) in [4.78, 5) is 23.5. The molecule has 0 aromatic heterocycles. The lowest BCUT2D eigenvalue weighted by molar-refractivity contribution is -0.114. The molecule has 0 fully saturated rings. The van der Waals surface area contributed by atoms with E-state index in [0.717, 1.165) is 18.4 Å². The van der Waals surface area contributed by atoms with Crippen molar-refractivity contribution >= 4 is 29.2 Å². The number of methoxy groups -OCH3 is 1. The van der Waals surface area contributed by atoms with Crippen LogP contribution in [0.1, 0.15) is 49.5 Å². The molecule has 0 saturated heterocycles. The molecule has 0 spiro atoms. The van der Waals surface area contributed by atoms with Crippen LogP contribution in [0.2, 0.25) is 5.02 Å². The molecule has 0 bridgehead atoms. The largest absolute Gasteiger partial charge is 0.487 e. The summed E-state index contributed by atoms with van der Waals surface area (Å²) < 4.78 is 10.9. The van der Waals surface area contributed by atoms with Crippen molar-refractivity contribution < 1.29 is 19.1 Å². The fourth-order valence-electron chi connectivity index (χ4n) is 2.63. The van der Waals surface area contributed by atoms with Crippen LogP contribution in [0.25, 0.3) is 0 Å². The van der Waals surface area contributed by atoms with Crippen LogP contribution in [-0.2, 0) is 16.0 Å². The highest BCUT2D eigenvalue weighted by Gasteiger charge is 2.31. The third kappa shape index (κ3) is 3.35. The number of rotatable bonds is 2. The second-order valence-corrected chi connectivity index (χ2v) is 6.38. The van der Waals surface area contributed by atoms with Crippen LogP contribution in [0.5, 0.6) is 5.75 Å². The van der Waals surface area contributed by atoms with E-state index < -0.39 is 11.6 Å². The molecule has 6 heteroatoms. The van der Waals surface area contributed by atoms with Crippen molar-refractivity contribution in [2.75, 3.05) is 12.4 Å². The van der Waals surface area contributed by atoms with Gasteiger partial charge in [0.25, 0.3) is 0 Å². The minimum Gasteiger partial charge on any atom is -0.487 e. The maximum atomic E-state index is 12.0. The van der Waals surface area contributed by atoms with E-state index in [2.05, 4.69) is 5.32 Å². The number of ether oxygens (including phenoxy) is 2. The van der Waals surface area contributed by atoms with Crippen molar-refractivity contribution in [3.8, 4) is 5.75 Å². The lowest BCUT2D eigenvalue weighted by atomic mass is 9.99. The number of anilines is 1. The van der Waals surface area contributed by atoms with Gasteiger partial charge < -0.3 is 14.8 Å². The van der Waals surface area contributed by atoms with Crippen LogP contribution in [-0.4, -0.2) is 24.6 Å². The van der Waals surface area contributed by atoms with Crippen molar-refractivity contribution in [3.63, 3.8) is 0 Å². The van der Waals surface area contributed by atoms with Crippen molar-refractivity contribution in [1.82, 2.24) is 0 Å². The van der Waals surface area contributed by atoms with Crippen LogP contribution in [0.3, 0.4) is 0 Å². The van der Waals surface area contributed by atoms with E-state index in [1.807, 2.05) is 13.8 Å². The second-order valence-electron chi connectivity index (χ2n) is 5.98. The zero-order valence-corrected chi connectivity index (χ0v) is 14.0. The van der Waals surface area contributed by atoms with Gasteiger partial charge in [0, 0.05) is 12.5 Å². The highest BCUT2D eigenvalue weighted by Crippen LogP contribution is 2.42. The summed E-state index contributed by atoms with van der Waals surface area (Å²) in [7, 11) is 1.31. The predicted molar refractivity (Wildman–Crippen MR) is 84.7 cm³/mol. The van der Waals surface area contributed by atoms with Gasteiger partial charge in [-0.2, -0.15) is 0 Å². The normalized spacial score (nSPS) is 16.0. The van der Waals surface area contributed by atoms with Crippen LogP contribution in [0.15, 0.2) is 6.07 Å². The Hall–Kier alpha value is -1.75. The Kier molecular flexibility index (Phi) is 4.66. The van der Waals surface area contributed by atoms with Gasteiger partial charge in [0.15, 0.2) is 0 Å². The molecule has 0 aliphatic carbocycles. The maximum absolute atomic E-state index is 12.0. The Morgan fingerprint density at radius 1 is 1.41 bits per heavy atom. The van der Waals surface area contributed by atoms with Gasteiger partial charge >= 0.3 is 5.97 Å². The standard InChI is InChI=1S/C16H20ClNO4/c1-9(19)18-13-10-6-5-7-16(2,3)22-14(10)11(8-12(13)17)15(20)21-4/h8H,5-7H2,1-4H3,(H,18,19). The van der Waals surface area contributed by atoms with Gasteiger partial charge in [-0.25, -0.2) is 4.79 Å². The Morgan fingerprint density at radius 3 is 2.68 bits per heavy atom. The molecule has 5 nitrogen and oxygen atoms in total. The molecule has 22 heavy (non-hydrogen) atoms. The SMILES string of the molecule is COC(=O)c1cc(Cl)c(NC(C)=O)c2c1OC(C)(C)CCC2. The van der Waals surface area contributed by atoms with Crippen LogP contribution >= 0.6 is 11.6 Å². The summed E-state index contributed by atoms with van der Waals surface area (Å²) in [5.41, 5.74) is 1.13. The summed E-state index contributed by atoms with van der Waals surface area (Å²) in [6.07, 6.45) is 2.37. The van der Waals surface area contributed by atoms with E-state index in [1.54, 1.807) is 0 Å². The van der Waals surface area contributed by atoms with Gasteiger partial charge in [0.2, 0.25) is 5.91 Å². The maximum Gasteiger partial charge on any atom is 0.341 e. The van der Waals surface area contributed by atoms with Crippen molar-refractivity contribution in [3.05, 3.63) is 22.2 Å². The van der Waals surface area contributed by atoms with Crippen LogP contribution in [0, 0.1) is 0 Å². The fraction of sp³-hybridized carbons (Fsp3) is 0.500. The third-order valence-corrected chi connectivity index (χ3v) is 3.92. The van der Waals surface area contributed by atoms with Gasteiger partial charge in [0.05, 0.1) is 17.8 Å². The Bertz CT molecular complexity index is 625. The van der Waals surface area contributed by atoms with E-state index in [9.17, 15) is 9.59 Å². The monoisotopic (exact) mass is 325 g/mol. The molecule has 0 radical (unpaired) electrons. The third-order valence-electron chi connectivity index (χ3n) is 3.62. The molecular weight excluding hydrogens is 306 g/mol. The number of amides is 1. The quantitative estimate of drug-likeness (QED) is 0.844. The molecule has 1 heterocycles. The molecule has 1 aliphatic heterocycles. The topological polar surface area (TPSA) is 64.6 Å². The lowest BCUT2D eigenvalue weighted by Crippen LogP contribution is -2.28. The molecule has 2 rings (SSSR count). The van der Waals surface area contributed by atoms with Crippen molar-refractivity contribution in [2.45, 2.75) is 45.6 Å². The summed E-state index contributed by atoms with van der Waals surface area (Å²) in [5.74, 6) is -0.286. The van der Waals surface area contributed by atoms with E-state index in [4.69, 9.17) is 21.1 Å². The molecule has 1 aromatic rings. The van der Waals surface area contributed by atoms with Crippen molar-refractivity contribution in [2.24, 2.45) is 0 Å². The predicted octanol–water partition coefficient (Wildman–Crippen LogP) is 3.58. The van der Waals surface area contributed by atoms with Gasteiger partial charge in [-0.1, -0.05) is 11.6 Å². The smallest absolute Gasteiger partial charge is 0.341 e. The summed E-state index contributed by atoms with van der Waals surface area (Å²) in [6.45, 7) is 5.35. The number of esters is 1. The first-order chi connectivity index (χ1) is 10.2. The van der Waals surface area contributed by atoms with E-state index in [-0.39, 0.29) is 11.5 Å². The fourth-order valence-corrected chi connectivity index (χ4v) is 2.90. The Balaban J connectivity index is 2.67. The highest BCUT2D eigenvalue weighted by molar-refractivity contribution is 6.34. The molecule has 1 aromatic carbocycles. The minimum absolute atomic E-state index is 0.224. The molecule has 0 saturated carbocycles. The number of hydrogen-bond acceptors (Lipinski definition) is 4. The number of hydrogen-bond donors (Lipinski definition) is 1.